The van der Waals surface area contributed by atoms with E-state index in [0.717, 1.165) is 25.7 Å². The lowest BCUT2D eigenvalue weighted by molar-refractivity contribution is -0.170. The third-order valence-corrected chi connectivity index (χ3v) is 10.9. The highest BCUT2D eigenvalue weighted by Gasteiger charge is 2.50. The molecular weight excluding hydrogens is 642 g/mol. The first-order valence-corrected chi connectivity index (χ1v) is 21.8. The molecule has 0 bridgehead atoms. The van der Waals surface area contributed by atoms with E-state index in [2.05, 4.69) is 13.8 Å². The second-order valence-corrected chi connectivity index (χ2v) is 16.0. The van der Waals surface area contributed by atoms with Crippen LogP contribution in [0.25, 0.3) is 0 Å². The van der Waals surface area contributed by atoms with Crippen molar-refractivity contribution in [2.75, 3.05) is 13.2 Å². The minimum absolute atomic E-state index is 0.128. The Morgan fingerprint density at radius 1 is 0.569 bits per heavy atom. The Balaban J connectivity index is 1.81. The maximum Gasteiger partial charge on any atom is 0.330 e. The van der Waals surface area contributed by atoms with Crippen LogP contribution in [0.5, 0.6) is 0 Å². The number of fused-ring (bicyclic) bond motifs is 1. The van der Waals surface area contributed by atoms with E-state index < -0.39 is 36.4 Å². The van der Waals surface area contributed by atoms with Gasteiger partial charge in [-0.2, -0.15) is 0 Å². The summed E-state index contributed by atoms with van der Waals surface area (Å²) in [5.41, 5.74) is 0. The van der Waals surface area contributed by atoms with Gasteiger partial charge in [-0.25, -0.2) is 4.79 Å². The Morgan fingerprint density at radius 2 is 0.922 bits per heavy atom. The molecule has 0 aromatic rings. The van der Waals surface area contributed by atoms with Crippen LogP contribution in [0.4, 0.5) is 0 Å². The average molecular weight is 722 g/mol. The topological polar surface area (TPSA) is 102 Å². The van der Waals surface area contributed by atoms with Crippen LogP contribution in [0.3, 0.4) is 0 Å². The molecule has 2 saturated heterocycles. The summed E-state index contributed by atoms with van der Waals surface area (Å²) in [6.07, 6.45) is 29.7. The predicted octanol–water partition coefficient (Wildman–Crippen LogP) is 10.4. The van der Waals surface area contributed by atoms with Crippen LogP contribution in [-0.2, 0) is 28.6 Å². The minimum Gasteiger partial charge on any atom is -0.455 e. The van der Waals surface area contributed by atoms with E-state index in [1.807, 2.05) is 13.8 Å². The molecule has 2 amide bonds. The zero-order valence-corrected chi connectivity index (χ0v) is 33.5. The van der Waals surface area contributed by atoms with Gasteiger partial charge in [0.05, 0.1) is 13.2 Å². The number of carbonyl (C=O) groups excluding carboxylic acids is 3. The SMILES string of the molecule is CCCCCCCCCCCCCCCC(=O)N(C(=O)CCCCCCCCCCCCCCC)[C@H](C(=O)O[C@H]1CO[C@H]2[C@@H]1OC[C@H]2O)C(C)C. The summed E-state index contributed by atoms with van der Waals surface area (Å²) in [4.78, 5) is 42.4. The number of rotatable bonds is 32. The van der Waals surface area contributed by atoms with E-state index >= 15 is 0 Å². The highest BCUT2D eigenvalue weighted by atomic mass is 16.6. The normalized spacial score (nSPS) is 20.5. The number of nitrogens with zero attached hydrogens (tertiary/aromatic N) is 1. The maximum atomic E-state index is 13.7. The lowest BCUT2D eigenvalue weighted by Gasteiger charge is -2.32. The predicted molar refractivity (Wildman–Crippen MR) is 206 cm³/mol. The number of amides is 2. The van der Waals surface area contributed by atoms with Crippen LogP contribution in [0, 0.1) is 5.92 Å². The highest BCUT2D eigenvalue weighted by Crippen LogP contribution is 2.30. The molecule has 0 radical (unpaired) electrons. The van der Waals surface area contributed by atoms with Crippen molar-refractivity contribution in [1.82, 2.24) is 4.90 Å². The Morgan fingerprint density at radius 3 is 1.29 bits per heavy atom. The summed E-state index contributed by atoms with van der Waals surface area (Å²) in [5.74, 6) is -1.46. The van der Waals surface area contributed by atoms with Crippen LogP contribution in [0.15, 0.2) is 0 Å². The van der Waals surface area contributed by atoms with E-state index in [0.29, 0.717) is 12.8 Å². The molecule has 298 valence electrons. The van der Waals surface area contributed by atoms with Gasteiger partial charge in [-0.3, -0.25) is 14.5 Å². The first-order chi connectivity index (χ1) is 24.8. The second-order valence-electron chi connectivity index (χ2n) is 16.0. The van der Waals surface area contributed by atoms with Crippen LogP contribution in [0.2, 0.25) is 0 Å². The summed E-state index contributed by atoms with van der Waals surface area (Å²) < 4.78 is 17.2. The number of hydrogen-bond donors (Lipinski definition) is 1. The molecule has 51 heavy (non-hydrogen) atoms. The summed E-state index contributed by atoms with van der Waals surface area (Å²) in [6.45, 7) is 8.50. The lowest BCUT2D eigenvalue weighted by Crippen LogP contribution is -2.53. The Kier molecular flexibility index (Phi) is 25.9. The zero-order valence-electron chi connectivity index (χ0n) is 33.5. The first-order valence-electron chi connectivity index (χ1n) is 21.8. The third kappa shape index (κ3) is 18.9. The van der Waals surface area contributed by atoms with Gasteiger partial charge in [0.25, 0.3) is 0 Å². The van der Waals surface area contributed by atoms with Crippen molar-refractivity contribution in [3.05, 3.63) is 0 Å². The molecule has 5 atom stereocenters. The van der Waals surface area contributed by atoms with Gasteiger partial charge in [0.15, 0.2) is 6.10 Å². The van der Waals surface area contributed by atoms with Crippen molar-refractivity contribution in [1.29, 1.82) is 0 Å². The Bertz CT molecular complexity index is 869. The number of imide groups is 1. The van der Waals surface area contributed by atoms with Gasteiger partial charge in [-0.05, 0) is 18.8 Å². The van der Waals surface area contributed by atoms with Crippen molar-refractivity contribution < 1.29 is 33.7 Å². The summed E-state index contributed by atoms with van der Waals surface area (Å²) >= 11 is 0. The largest absolute Gasteiger partial charge is 0.455 e. The molecule has 0 aromatic heterocycles. The standard InChI is InChI=1S/C43H79NO7/c1-5-7-9-11-13-15-17-19-21-23-25-27-29-31-38(46)44(39(47)32-30-28-26-24-22-20-18-16-14-12-10-8-6-2)40(35(3)4)43(48)51-37-34-50-41-36(45)33-49-42(37)41/h35-37,40-42,45H,5-34H2,1-4H3/t36-,37+,40+,41-,42-/m1/s1. The summed E-state index contributed by atoms with van der Waals surface area (Å²) in [5, 5.41) is 10.1. The molecule has 2 rings (SSSR count). The third-order valence-electron chi connectivity index (χ3n) is 10.9. The number of carbonyl (C=O) groups is 3. The molecule has 0 spiro atoms. The quantitative estimate of drug-likeness (QED) is 0.0545. The fraction of sp³-hybridized carbons (Fsp3) is 0.930. The smallest absolute Gasteiger partial charge is 0.330 e. The molecule has 2 aliphatic rings. The Hall–Kier alpha value is -1.51. The van der Waals surface area contributed by atoms with Crippen LogP contribution >= 0.6 is 0 Å². The zero-order chi connectivity index (χ0) is 37.1. The molecule has 0 aliphatic carbocycles. The maximum absolute atomic E-state index is 13.7. The van der Waals surface area contributed by atoms with Gasteiger partial charge >= 0.3 is 5.97 Å². The molecular formula is C43H79NO7. The molecule has 0 saturated carbocycles. The van der Waals surface area contributed by atoms with Crippen molar-refractivity contribution in [2.45, 2.75) is 238 Å². The Labute approximate surface area is 312 Å². The van der Waals surface area contributed by atoms with Gasteiger partial charge in [-0.15, -0.1) is 0 Å². The molecule has 2 heterocycles. The van der Waals surface area contributed by atoms with E-state index in [9.17, 15) is 19.5 Å². The van der Waals surface area contributed by atoms with Crippen LogP contribution < -0.4 is 0 Å². The van der Waals surface area contributed by atoms with Crippen LogP contribution in [0.1, 0.15) is 207 Å². The second kappa shape index (κ2) is 28.9. The molecule has 2 fully saturated rings. The highest BCUT2D eigenvalue weighted by molar-refractivity contribution is 5.99. The number of unbranched alkanes of at least 4 members (excludes halogenated alkanes) is 24. The number of aliphatic hydroxyl groups is 1. The molecule has 2 aliphatic heterocycles. The number of esters is 1. The monoisotopic (exact) mass is 722 g/mol. The molecule has 0 aromatic carbocycles. The number of ether oxygens (including phenoxy) is 3. The summed E-state index contributed by atoms with van der Waals surface area (Å²) in [7, 11) is 0. The number of hydrogen-bond acceptors (Lipinski definition) is 7. The van der Waals surface area contributed by atoms with E-state index in [-0.39, 0.29) is 43.8 Å². The average Bonchev–Trinajstić information content (AvgIpc) is 3.69. The fourth-order valence-corrected chi connectivity index (χ4v) is 7.72. The number of aliphatic hydroxyl groups excluding tert-OH is 1. The summed E-state index contributed by atoms with van der Waals surface area (Å²) in [6, 6.07) is -1.00. The van der Waals surface area contributed by atoms with Crippen molar-refractivity contribution in [3.63, 3.8) is 0 Å². The molecule has 8 nitrogen and oxygen atoms in total. The molecule has 8 heteroatoms. The van der Waals surface area contributed by atoms with Gasteiger partial charge < -0.3 is 19.3 Å². The van der Waals surface area contributed by atoms with Crippen molar-refractivity contribution in [2.24, 2.45) is 5.92 Å². The molecule has 1 N–H and O–H groups in total. The van der Waals surface area contributed by atoms with Gasteiger partial charge in [0.2, 0.25) is 11.8 Å². The molecule has 0 unspecified atom stereocenters. The van der Waals surface area contributed by atoms with Crippen LogP contribution in [-0.4, -0.2) is 71.5 Å². The fourth-order valence-electron chi connectivity index (χ4n) is 7.72. The van der Waals surface area contributed by atoms with E-state index in [4.69, 9.17) is 14.2 Å². The van der Waals surface area contributed by atoms with Gasteiger partial charge in [-0.1, -0.05) is 182 Å². The lowest BCUT2D eigenvalue weighted by atomic mass is 9.99. The van der Waals surface area contributed by atoms with Gasteiger partial charge in [0.1, 0.15) is 24.4 Å². The van der Waals surface area contributed by atoms with Crippen molar-refractivity contribution >= 4 is 17.8 Å². The van der Waals surface area contributed by atoms with E-state index in [1.165, 1.54) is 133 Å². The minimum atomic E-state index is -1.00. The first kappa shape index (κ1) is 45.6. The van der Waals surface area contributed by atoms with Gasteiger partial charge in [0, 0.05) is 12.8 Å². The van der Waals surface area contributed by atoms with E-state index in [1.54, 1.807) is 0 Å². The van der Waals surface area contributed by atoms with Crippen molar-refractivity contribution in [3.8, 4) is 0 Å².